The van der Waals surface area contributed by atoms with Crippen LogP contribution in [-0.4, -0.2) is 31.6 Å². The van der Waals surface area contributed by atoms with E-state index in [2.05, 4.69) is 0 Å². The zero-order valence-corrected chi connectivity index (χ0v) is 12.8. The highest BCUT2D eigenvalue weighted by molar-refractivity contribution is 7.89. The van der Waals surface area contributed by atoms with Crippen LogP contribution in [0.4, 0.5) is 0 Å². The molecule has 20 heavy (non-hydrogen) atoms. The number of hydrogen-bond donors (Lipinski definition) is 0. The molecule has 108 valence electrons. The number of carbonyl (C=O) groups excluding carboxylic acids is 1. The minimum Gasteiger partial charge on any atom is -0.298 e. The van der Waals surface area contributed by atoms with Gasteiger partial charge < -0.3 is 0 Å². The molecule has 4 nitrogen and oxygen atoms in total. The number of carbonyl (C=O) groups is 1. The summed E-state index contributed by atoms with van der Waals surface area (Å²) in [5.41, 5.74) is 0.507. The Hall–Kier alpha value is -1.20. The summed E-state index contributed by atoms with van der Waals surface area (Å²) < 4.78 is 26.6. The van der Waals surface area contributed by atoms with Gasteiger partial charge in [0.15, 0.2) is 5.78 Å². The van der Waals surface area contributed by atoms with Crippen molar-refractivity contribution in [2.75, 3.05) is 13.1 Å². The Kier molecular flexibility index (Phi) is 2.70. The lowest BCUT2D eigenvalue weighted by molar-refractivity contribution is -0.127. The molecule has 1 aliphatic heterocycles. The lowest BCUT2D eigenvalue weighted by atomic mass is 9.89. The molecule has 0 radical (unpaired) electrons. The van der Waals surface area contributed by atoms with Gasteiger partial charge in [-0.05, 0) is 30.9 Å². The molecule has 0 spiro atoms. The van der Waals surface area contributed by atoms with Gasteiger partial charge in [0.25, 0.3) is 0 Å². The van der Waals surface area contributed by atoms with Gasteiger partial charge in [-0.2, -0.15) is 4.31 Å². The van der Waals surface area contributed by atoms with Crippen molar-refractivity contribution in [1.29, 1.82) is 0 Å². The fourth-order valence-electron chi connectivity index (χ4n) is 3.21. The zero-order chi connectivity index (χ0) is 14.8. The van der Waals surface area contributed by atoms with Crippen LogP contribution in [0.3, 0.4) is 0 Å². The Bertz CT molecular complexity index is 680. The predicted molar refractivity (Wildman–Crippen MR) is 75.8 cm³/mol. The van der Waals surface area contributed by atoms with E-state index in [4.69, 9.17) is 0 Å². The first-order valence-corrected chi connectivity index (χ1v) is 8.23. The van der Waals surface area contributed by atoms with Gasteiger partial charge >= 0.3 is 0 Å². The second kappa shape index (κ2) is 3.92. The van der Waals surface area contributed by atoms with Crippen LogP contribution in [0, 0.1) is 17.8 Å². The normalized spacial score (nSPS) is 33.9. The average Bonchev–Trinajstić information content (AvgIpc) is 2.94. The number of ketones is 1. The van der Waals surface area contributed by atoms with Crippen LogP contribution in [0.2, 0.25) is 0 Å². The molecule has 1 aromatic carbocycles. The van der Waals surface area contributed by atoms with Crippen molar-refractivity contribution in [3.63, 3.8) is 0 Å². The van der Waals surface area contributed by atoms with Crippen molar-refractivity contribution in [2.45, 2.75) is 32.1 Å². The maximum Gasteiger partial charge on any atom is 0.243 e. The van der Waals surface area contributed by atoms with Gasteiger partial charge in [-0.3, -0.25) is 4.79 Å². The molecular formula is C15H19NO3S. The molecule has 5 heteroatoms. The third kappa shape index (κ3) is 1.76. The van der Waals surface area contributed by atoms with Crippen molar-refractivity contribution >= 4 is 15.8 Å². The second-order valence-corrected chi connectivity index (χ2v) is 8.52. The van der Waals surface area contributed by atoms with Crippen LogP contribution in [0.1, 0.15) is 25.8 Å². The molecule has 1 saturated heterocycles. The SMILES string of the molecule is Cc1ccc(S(=O)(=O)N2CC(=O)[C@@]3(C)C[C@@]3(C)C2)cc1. The first-order chi connectivity index (χ1) is 9.19. The number of benzene rings is 1. The zero-order valence-electron chi connectivity index (χ0n) is 12.0. The van der Waals surface area contributed by atoms with Crippen molar-refractivity contribution in [3.8, 4) is 0 Å². The molecule has 1 heterocycles. The maximum atomic E-state index is 12.6. The van der Waals surface area contributed by atoms with E-state index in [-0.39, 0.29) is 28.1 Å². The van der Waals surface area contributed by atoms with Gasteiger partial charge in [0.1, 0.15) is 0 Å². The molecule has 0 N–H and O–H groups in total. The van der Waals surface area contributed by atoms with E-state index in [1.165, 1.54) is 4.31 Å². The van der Waals surface area contributed by atoms with Crippen molar-refractivity contribution in [3.05, 3.63) is 29.8 Å². The molecule has 2 atom stereocenters. The Labute approximate surface area is 119 Å². The Morgan fingerprint density at radius 2 is 1.75 bits per heavy atom. The molecular weight excluding hydrogens is 274 g/mol. The number of nitrogens with zero attached hydrogens (tertiary/aromatic N) is 1. The summed E-state index contributed by atoms with van der Waals surface area (Å²) in [6, 6.07) is 6.78. The van der Waals surface area contributed by atoms with Crippen LogP contribution < -0.4 is 0 Å². The number of sulfonamides is 1. The minimum absolute atomic E-state index is 0.00228. The number of piperidine rings is 1. The molecule has 1 saturated carbocycles. The van der Waals surface area contributed by atoms with Gasteiger partial charge in [-0.1, -0.05) is 31.5 Å². The molecule has 1 aromatic rings. The molecule has 0 aromatic heterocycles. The first-order valence-electron chi connectivity index (χ1n) is 6.79. The molecule has 1 aliphatic carbocycles. The van der Waals surface area contributed by atoms with E-state index >= 15 is 0 Å². The van der Waals surface area contributed by atoms with E-state index in [0.717, 1.165) is 12.0 Å². The molecule has 2 fully saturated rings. The van der Waals surface area contributed by atoms with Gasteiger partial charge in [0.2, 0.25) is 10.0 Å². The van der Waals surface area contributed by atoms with Crippen LogP contribution in [0.25, 0.3) is 0 Å². The van der Waals surface area contributed by atoms with E-state index in [0.29, 0.717) is 6.54 Å². The van der Waals surface area contributed by atoms with Gasteiger partial charge in [0.05, 0.1) is 11.4 Å². The van der Waals surface area contributed by atoms with E-state index in [1.807, 2.05) is 20.8 Å². The Morgan fingerprint density at radius 3 is 2.30 bits per heavy atom. The smallest absolute Gasteiger partial charge is 0.243 e. The van der Waals surface area contributed by atoms with Crippen LogP contribution >= 0.6 is 0 Å². The molecule has 0 amide bonds. The Balaban J connectivity index is 1.93. The average molecular weight is 293 g/mol. The van der Waals surface area contributed by atoms with E-state index < -0.39 is 10.0 Å². The van der Waals surface area contributed by atoms with Crippen molar-refractivity contribution in [1.82, 2.24) is 4.31 Å². The maximum absolute atomic E-state index is 12.6. The van der Waals surface area contributed by atoms with Crippen LogP contribution in [0.5, 0.6) is 0 Å². The van der Waals surface area contributed by atoms with E-state index in [1.54, 1.807) is 24.3 Å². The summed E-state index contributed by atoms with van der Waals surface area (Å²) in [6.45, 7) is 6.30. The lowest BCUT2D eigenvalue weighted by Crippen LogP contribution is -2.47. The second-order valence-electron chi connectivity index (χ2n) is 6.58. The quantitative estimate of drug-likeness (QED) is 0.838. The topological polar surface area (TPSA) is 54.5 Å². The third-order valence-electron chi connectivity index (χ3n) is 5.07. The largest absolute Gasteiger partial charge is 0.298 e. The summed E-state index contributed by atoms with van der Waals surface area (Å²) in [5, 5.41) is 0. The fraction of sp³-hybridized carbons (Fsp3) is 0.533. The van der Waals surface area contributed by atoms with Crippen LogP contribution in [-0.2, 0) is 14.8 Å². The van der Waals surface area contributed by atoms with E-state index in [9.17, 15) is 13.2 Å². The molecule has 0 unspecified atom stereocenters. The summed E-state index contributed by atoms with van der Waals surface area (Å²) in [7, 11) is -3.57. The van der Waals surface area contributed by atoms with Crippen molar-refractivity contribution < 1.29 is 13.2 Å². The summed E-state index contributed by atoms with van der Waals surface area (Å²) >= 11 is 0. The molecule has 2 aliphatic rings. The number of Topliss-reactive ketones (excluding diaryl/α,β-unsaturated/α-hetero) is 1. The number of aryl methyl sites for hydroxylation is 1. The summed E-state index contributed by atoms with van der Waals surface area (Å²) in [6.07, 6.45) is 0.790. The highest BCUT2D eigenvalue weighted by atomic mass is 32.2. The highest BCUT2D eigenvalue weighted by Gasteiger charge is 2.68. The highest BCUT2D eigenvalue weighted by Crippen LogP contribution is 2.66. The number of fused-ring (bicyclic) bond motifs is 1. The lowest BCUT2D eigenvalue weighted by Gasteiger charge is -2.32. The van der Waals surface area contributed by atoms with Gasteiger partial charge in [-0.25, -0.2) is 8.42 Å². The third-order valence-corrected chi connectivity index (χ3v) is 6.88. The molecule has 3 rings (SSSR count). The Morgan fingerprint density at radius 1 is 1.15 bits per heavy atom. The van der Waals surface area contributed by atoms with Gasteiger partial charge in [0, 0.05) is 12.0 Å². The first kappa shape index (κ1) is 13.8. The monoisotopic (exact) mass is 293 g/mol. The summed E-state index contributed by atoms with van der Waals surface area (Å²) in [5.74, 6) is 0.0435. The van der Waals surface area contributed by atoms with Crippen LogP contribution in [0.15, 0.2) is 29.2 Å². The summed E-state index contributed by atoms with van der Waals surface area (Å²) in [4.78, 5) is 12.5. The predicted octanol–water partition coefficient (Wildman–Crippen LogP) is 1.98. The van der Waals surface area contributed by atoms with Gasteiger partial charge in [-0.15, -0.1) is 0 Å². The standard InChI is InChI=1S/C15H19NO3S/c1-11-4-6-12(7-5-11)20(18,19)16-8-13(17)15(3)9-14(15,2)10-16/h4-7H,8-10H2,1-3H3/t14-,15+/m0/s1. The minimum atomic E-state index is -3.57. The molecule has 0 bridgehead atoms. The fourth-order valence-corrected chi connectivity index (χ4v) is 4.73. The number of hydrogen-bond acceptors (Lipinski definition) is 3. The van der Waals surface area contributed by atoms with Crippen molar-refractivity contribution in [2.24, 2.45) is 10.8 Å². The number of rotatable bonds is 2.